The lowest BCUT2D eigenvalue weighted by Crippen LogP contribution is -2.45. The van der Waals surface area contributed by atoms with E-state index in [1.54, 1.807) is 18.2 Å². The number of benzene rings is 1. The van der Waals surface area contributed by atoms with Crippen LogP contribution in [-0.2, 0) is 6.18 Å². The minimum atomic E-state index is -4.39. The average Bonchev–Trinajstić information content (AvgIpc) is 2.69. The molecule has 150 valence electrons. The van der Waals surface area contributed by atoms with Gasteiger partial charge in [0.1, 0.15) is 11.6 Å². The average molecular weight is 393 g/mol. The molecule has 0 aliphatic carbocycles. The molecule has 1 amide bonds. The van der Waals surface area contributed by atoms with Gasteiger partial charge in [0.2, 0.25) is 0 Å². The smallest absolute Gasteiger partial charge is 0.417 e. The van der Waals surface area contributed by atoms with E-state index in [-0.39, 0.29) is 11.9 Å². The first kappa shape index (κ1) is 20.0. The second-order valence-corrected chi connectivity index (χ2v) is 6.57. The van der Waals surface area contributed by atoms with Gasteiger partial charge in [-0.05, 0) is 44.0 Å². The summed E-state index contributed by atoms with van der Waals surface area (Å²) in [7, 11) is 0. The molecule has 0 saturated carbocycles. The number of carbonyl (C=O) groups excluding carboxylic acids is 1. The third-order valence-corrected chi connectivity index (χ3v) is 4.66. The van der Waals surface area contributed by atoms with Gasteiger partial charge in [-0.2, -0.15) is 13.2 Å². The number of rotatable bonds is 5. The molecule has 0 radical (unpaired) electrons. The fourth-order valence-electron chi connectivity index (χ4n) is 3.19. The maximum absolute atomic E-state index is 12.6. The predicted octanol–water partition coefficient (Wildman–Crippen LogP) is 3.90. The predicted molar refractivity (Wildman–Crippen MR) is 99.6 cm³/mol. The van der Waals surface area contributed by atoms with Gasteiger partial charge < -0.3 is 15.0 Å². The highest BCUT2D eigenvalue weighted by molar-refractivity contribution is 5.97. The van der Waals surface area contributed by atoms with Gasteiger partial charge in [0.05, 0.1) is 17.7 Å². The Morgan fingerprint density at radius 3 is 2.54 bits per heavy atom. The first-order chi connectivity index (χ1) is 13.4. The third kappa shape index (κ3) is 4.74. The first-order valence-electron chi connectivity index (χ1n) is 9.19. The molecule has 0 spiro atoms. The topological polar surface area (TPSA) is 54.5 Å². The minimum Gasteiger partial charge on any atom is -0.493 e. The molecule has 1 aliphatic heterocycles. The summed E-state index contributed by atoms with van der Waals surface area (Å²) in [4.78, 5) is 18.4. The molecule has 8 heteroatoms. The third-order valence-electron chi connectivity index (χ3n) is 4.66. The number of ether oxygens (including phenoxy) is 1. The van der Waals surface area contributed by atoms with Crippen molar-refractivity contribution in [1.29, 1.82) is 0 Å². The van der Waals surface area contributed by atoms with Gasteiger partial charge in [0, 0.05) is 25.3 Å². The van der Waals surface area contributed by atoms with Gasteiger partial charge in [-0.25, -0.2) is 4.98 Å². The lowest BCUT2D eigenvalue weighted by Gasteiger charge is -2.33. The summed E-state index contributed by atoms with van der Waals surface area (Å²) in [6, 6.07) is 9.51. The van der Waals surface area contributed by atoms with Gasteiger partial charge in [-0.15, -0.1) is 0 Å². The van der Waals surface area contributed by atoms with Crippen LogP contribution in [-0.4, -0.2) is 36.6 Å². The summed E-state index contributed by atoms with van der Waals surface area (Å²) in [5, 5.41) is 3.02. The molecule has 1 fully saturated rings. The number of nitrogens with one attached hydrogen (secondary N) is 1. The fourth-order valence-corrected chi connectivity index (χ4v) is 3.19. The second-order valence-electron chi connectivity index (χ2n) is 6.57. The molecule has 3 rings (SSSR count). The van der Waals surface area contributed by atoms with Crippen LogP contribution in [0.25, 0.3) is 0 Å². The molecule has 2 heterocycles. The molecule has 5 nitrogen and oxygen atoms in total. The molecule has 1 aliphatic rings. The van der Waals surface area contributed by atoms with Gasteiger partial charge in [0.25, 0.3) is 5.91 Å². The number of para-hydroxylation sites is 1. The zero-order valence-corrected chi connectivity index (χ0v) is 15.5. The van der Waals surface area contributed by atoms with E-state index in [1.807, 2.05) is 17.9 Å². The molecule has 0 atom stereocenters. The number of hydrogen-bond donors (Lipinski definition) is 1. The van der Waals surface area contributed by atoms with E-state index in [2.05, 4.69) is 10.3 Å². The zero-order chi connectivity index (χ0) is 20.1. The lowest BCUT2D eigenvalue weighted by atomic mass is 10.0. The number of carbonyl (C=O) groups is 1. The second kappa shape index (κ2) is 8.50. The van der Waals surface area contributed by atoms with Crippen LogP contribution in [0.1, 0.15) is 35.7 Å². The van der Waals surface area contributed by atoms with Crippen LogP contribution in [0.15, 0.2) is 42.6 Å². The maximum atomic E-state index is 12.6. The molecule has 28 heavy (non-hydrogen) atoms. The molecule has 0 unspecified atom stereocenters. The van der Waals surface area contributed by atoms with E-state index < -0.39 is 11.7 Å². The lowest BCUT2D eigenvalue weighted by molar-refractivity contribution is -0.137. The monoisotopic (exact) mass is 393 g/mol. The Morgan fingerprint density at radius 2 is 1.93 bits per heavy atom. The molecule has 1 aromatic heterocycles. The van der Waals surface area contributed by atoms with Crippen molar-refractivity contribution in [1.82, 2.24) is 10.3 Å². The Labute approximate surface area is 161 Å². The van der Waals surface area contributed by atoms with E-state index in [0.29, 0.717) is 49.7 Å². The zero-order valence-electron chi connectivity index (χ0n) is 15.5. The largest absolute Gasteiger partial charge is 0.493 e. The Bertz CT molecular complexity index is 801. The normalized spacial score (nSPS) is 15.4. The highest BCUT2D eigenvalue weighted by atomic mass is 19.4. The Hall–Kier alpha value is -2.77. The van der Waals surface area contributed by atoms with Crippen molar-refractivity contribution in [2.75, 3.05) is 24.6 Å². The molecule has 1 N–H and O–H groups in total. The summed E-state index contributed by atoms with van der Waals surface area (Å²) < 4.78 is 43.4. The molecule has 0 bridgehead atoms. The summed E-state index contributed by atoms with van der Waals surface area (Å²) in [6.07, 6.45) is -2.16. The molecular formula is C20H22F3N3O2. The van der Waals surface area contributed by atoms with Gasteiger partial charge in [-0.1, -0.05) is 12.1 Å². The molecular weight excluding hydrogens is 371 g/mol. The fraction of sp³-hybridized carbons (Fsp3) is 0.400. The van der Waals surface area contributed by atoms with E-state index in [1.165, 1.54) is 6.07 Å². The number of alkyl halides is 3. The molecule has 1 saturated heterocycles. The first-order valence-corrected chi connectivity index (χ1v) is 9.19. The van der Waals surface area contributed by atoms with Crippen LogP contribution < -0.4 is 15.0 Å². The quantitative estimate of drug-likeness (QED) is 0.837. The SMILES string of the molecule is CCOc1ccccc1C(=O)NC1CCN(c2ccc(C(F)(F)F)cn2)CC1. The van der Waals surface area contributed by atoms with E-state index in [4.69, 9.17) is 4.74 Å². The standard InChI is InChI=1S/C20H22F3N3O2/c1-2-28-17-6-4-3-5-16(17)19(27)25-15-9-11-26(12-10-15)18-8-7-14(13-24-18)20(21,22)23/h3-8,13,15H,2,9-12H2,1H3,(H,25,27). The van der Waals surface area contributed by atoms with E-state index in [0.717, 1.165) is 12.3 Å². The van der Waals surface area contributed by atoms with Crippen LogP contribution in [0.4, 0.5) is 19.0 Å². The molecule has 2 aromatic rings. The van der Waals surface area contributed by atoms with Gasteiger partial charge >= 0.3 is 6.18 Å². The number of halogens is 3. The number of amides is 1. The number of piperidine rings is 1. The van der Waals surface area contributed by atoms with E-state index >= 15 is 0 Å². The highest BCUT2D eigenvalue weighted by Crippen LogP contribution is 2.30. The van der Waals surface area contributed by atoms with Crippen molar-refractivity contribution in [2.45, 2.75) is 32.0 Å². The number of nitrogens with zero attached hydrogens (tertiary/aromatic N) is 2. The van der Waals surface area contributed by atoms with Crippen molar-refractivity contribution in [3.8, 4) is 5.75 Å². The Morgan fingerprint density at radius 1 is 1.21 bits per heavy atom. The van der Waals surface area contributed by atoms with Gasteiger partial charge in [-0.3, -0.25) is 4.79 Å². The number of aromatic nitrogens is 1. The summed E-state index contributed by atoms with van der Waals surface area (Å²) in [5.74, 6) is 0.878. The Kier molecular flexibility index (Phi) is 6.06. The van der Waals surface area contributed by atoms with Crippen LogP contribution in [0.5, 0.6) is 5.75 Å². The minimum absolute atomic E-state index is 0.00659. The number of hydrogen-bond acceptors (Lipinski definition) is 4. The van der Waals surface area contributed by atoms with Gasteiger partial charge in [0.15, 0.2) is 0 Å². The van der Waals surface area contributed by atoms with Crippen molar-refractivity contribution in [2.24, 2.45) is 0 Å². The van der Waals surface area contributed by atoms with Crippen molar-refractivity contribution >= 4 is 11.7 Å². The maximum Gasteiger partial charge on any atom is 0.417 e. The summed E-state index contributed by atoms with van der Waals surface area (Å²) in [5.41, 5.74) is -0.262. The van der Waals surface area contributed by atoms with Crippen molar-refractivity contribution in [3.63, 3.8) is 0 Å². The van der Waals surface area contributed by atoms with E-state index in [9.17, 15) is 18.0 Å². The summed E-state index contributed by atoms with van der Waals surface area (Å²) in [6.45, 7) is 3.55. The van der Waals surface area contributed by atoms with Crippen molar-refractivity contribution in [3.05, 3.63) is 53.7 Å². The number of pyridine rings is 1. The van der Waals surface area contributed by atoms with Crippen LogP contribution in [0.2, 0.25) is 0 Å². The van der Waals surface area contributed by atoms with Crippen LogP contribution in [0, 0.1) is 0 Å². The highest BCUT2D eigenvalue weighted by Gasteiger charge is 2.31. The van der Waals surface area contributed by atoms with Crippen LogP contribution >= 0.6 is 0 Å². The van der Waals surface area contributed by atoms with Crippen molar-refractivity contribution < 1.29 is 22.7 Å². The molecule has 1 aromatic carbocycles. The summed E-state index contributed by atoms with van der Waals surface area (Å²) >= 11 is 0. The van der Waals surface area contributed by atoms with Crippen LogP contribution in [0.3, 0.4) is 0 Å². The Balaban J connectivity index is 1.56. The number of anilines is 1.